The summed E-state index contributed by atoms with van der Waals surface area (Å²) in [5.41, 5.74) is 0.549. The Morgan fingerprint density at radius 1 is 0.932 bits per heavy atom. The lowest BCUT2D eigenvalue weighted by Crippen LogP contribution is -2.56. The summed E-state index contributed by atoms with van der Waals surface area (Å²) < 4.78 is 17.5. The fourth-order valence-corrected chi connectivity index (χ4v) is 6.23. The van der Waals surface area contributed by atoms with Crippen molar-refractivity contribution < 1.29 is 28.6 Å². The lowest BCUT2D eigenvalue weighted by atomic mass is 9.85. The van der Waals surface area contributed by atoms with Crippen molar-refractivity contribution >= 4 is 17.8 Å². The number of esters is 1. The molecule has 1 aliphatic carbocycles. The van der Waals surface area contributed by atoms with Gasteiger partial charge in [0, 0.05) is 12.0 Å². The summed E-state index contributed by atoms with van der Waals surface area (Å²) >= 11 is 0. The zero-order valence-electron chi connectivity index (χ0n) is 28.0. The summed E-state index contributed by atoms with van der Waals surface area (Å²) in [5.74, 6) is -1.68. The number of carbonyl (C=O) groups is 3. The van der Waals surface area contributed by atoms with Gasteiger partial charge in [-0.05, 0) is 45.1 Å². The van der Waals surface area contributed by atoms with E-state index in [1.165, 1.54) is 38.5 Å². The Labute approximate surface area is 265 Å². The van der Waals surface area contributed by atoms with Crippen molar-refractivity contribution in [1.29, 1.82) is 0 Å². The highest BCUT2D eigenvalue weighted by Crippen LogP contribution is 2.35. The molecule has 8 nitrogen and oxygen atoms in total. The quantitative estimate of drug-likeness (QED) is 0.145. The van der Waals surface area contributed by atoms with Crippen molar-refractivity contribution in [3.05, 3.63) is 35.9 Å². The van der Waals surface area contributed by atoms with Crippen LogP contribution >= 0.6 is 0 Å². The highest BCUT2D eigenvalue weighted by molar-refractivity contribution is 5.84. The fourth-order valence-electron chi connectivity index (χ4n) is 6.23. The first-order chi connectivity index (χ1) is 21.0. The summed E-state index contributed by atoms with van der Waals surface area (Å²) in [5, 5.41) is 6.11. The van der Waals surface area contributed by atoms with Crippen LogP contribution in [-0.4, -0.2) is 55.0 Å². The molecule has 1 aliphatic heterocycles. The molecule has 8 heteroatoms. The Morgan fingerprint density at radius 3 is 2.30 bits per heavy atom. The monoisotopic (exact) mass is 614 g/mol. The molecule has 4 atom stereocenters. The number of ether oxygens (including phenoxy) is 3. The second-order valence-electron chi connectivity index (χ2n) is 13.9. The molecule has 2 fully saturated rings. The first-order valence-corrected chi connectivity index (χ1v) is 17.2. The van der Waals surface area contributed by atoms with E-state index in [1.807, 2.05) is 44.2 Å². The van der Waals surface area contributed by atoms with Gasteiger partial charge >= 0.3 is 5.97 Å². The van der Waals surface area contributed by atoms with E-state index >= 15 is 0 Å². The van der Waals surface area contributed by atoms with Crippen LogP contribution < -0.4 is 10.6 Å². The third-order valence-electron chi connectivity index (χ3n) is 8.95. The van der Waals surface area contributed by atoms with Crippen LogP contribution in [0.1, 0.15) is 136 Å². The first-order valence-electron chi connectivity index (χ1n) is 17.2. The second-order valence-corrected chi connectivity index (χ2v) is 13.9. The Hall–Kier alpha value is -2.45. The van der Waals surface area contributed by atoms with Crippen LogP contribution in [0.5, 0.6) is 0 Å². The highest BCUT2D eigenvalue weighted by atomic mass is 16.7. The summed E-state index contributed by atoms with van der Waals surface area (Å²) in [4.78, 5) is 39.4. The van der Waals surface area contributed by atoms with Crippen molar-refractivity contribution in [2.45, 2.75) is 154 Å². The molecule has 248 valence electrons. The molecule has 2 amide bonds. The summed E-state index contributed by atoms with van der Waals surface area (Å²) in [6.45, 7) is 10.2. The van der Waals surface area contributed by atoms with E-state index in [2.05, 4.69) is 17.6 Å². The van der Waals surface area contributed by atoms with Gasteiger partial charge in [-0.2, -0.15) is 0 Å². The molecule has 0 spiro atoms. The van der Waals surface area contributed by atoms with Gasteiger partial charge in [0.2, 0.25) is 11.8 Å². The maximum atomic E-state index is 13.7. The topological polar surface area (TPSA) is 103 Å². The summed E-state index contributed by atoms with van der Waals surface area (Å²) in [6, 6.07) is 9.82. The third kappa shape index (κ3) is 11.8. The predicted octanol–water partition coefficient (Wildman–Crippen LogP) is 6.96. The van der Waals surface area contributed by atoms with E-state index in [0.717, 1.165) is 50.5 Å². The number of benzene rings is 1. The van der Waals surface area contributed by atoms with Crippen LogP contribution in [0.25, 0.3) is 0 Å². The van der Waals surface area contributed by atoms with Gasteiger partial charge in [-0.1, -0.05) is 109 Å². The Morgan fingerprint density at radius 2 is 1.59 bits per heavy atom. The van der Waals surface area contributed by atoms with Crippen molar-refractivity contribution in [3.63, 3.8) is 0 Å². The number of amides is 2. The number of rotatable bonds is 17. The van der Waals surface area contributed by atoms with Gasteiger partial charge in [-0.3, -0.25) is 14.4 Å². The number of hydrogen-bond donors (Lipinski definition) is 2. The van der Waals surface area contributed by atoms with E-state index in [4.69, 9.17) is 14.2 Å². The molecule has 0 radical (unpaired) electrons. The molecule has 0 aromatic heterocycles. The van der Waals surface area contributed by atoms with Crippen LogP contribution in [0.4, 0.5) is 0 Å². The van der Waals surface area contributed by atoms with E-state index in [-0.39, 0.29) is 48.8 Å². The molecule has 1 saturated heterocycles. The zero-order chi connectivity index (χ0) is 32.0. The average molecular weight is 615 g/mol. The zero-order valence-corrected chi connectivity index (χ0v) is 28.0. The van der Waals surface area contributed by atoms with Crippen LogP contribution in [0, 0.1) is 5.41 Å². The third-order valence-corrected chi connectivity index (χ3v) is 8.95. The van der Waals surface area contributed by atoms with Gasteiger partial charge in [0.05, 0.1) is 25.0 Å². The van der Waals surface area contributed by atoms with E-state index in [0.29, 0.717) is 6.61 Å². The van der Waals surface area contributed by atoms with E-state index in [1.54, 1.807) is 13.8 Å². The maximum Gasteiger partial charge on any atom is 0.307 e. The minimum Gasteiger partial charge on any atom is -0.460 e. The lowest BCUT2D eigenvalue weighted by Gasteiger charge is -2.44. The van der Waals surface area contributed by atoms with Gasteiger partial charge < -0.3 is 24.8 Å². The van der Waals surface area contributed by atoms with Crippen LogP contribution in [0.3, 0.4) is 0 Å². The molecular formula is C36H58N2O6. The van der Waals surface area contributed by atoms with Crippen molar-refractivity contribution in [2.24, 2.45) is 5.41 Å². The van der Waals surface area contributed by atoms with Gasteiger partial charge in [-0.25, -0.2) is 0 Å². The van der Waals surface area contributed by atoms with Gasteiger partial charge in [-0.15, -0.1) is 0 Å². The number of hydrogen-bond acceptors (Lipinski definition) is 6. The Kier molecular flexibility index (Phi) is 14.6. The molecule has 1 aromatic carbocycles. The Bertz CT molecular complexity index is 1030. The lowest BCUT2D eigenvalue weighted by molar-refractivity contribution is -0.304. The molecule has 44 heavy (non-hydrogen) atoms. The molecule has 0 bridgehead atoms. The minimum atomic E-state index is -0.843. The summed E-state index contributed by atoms with van der Waals surface area (Å²) in [7, 11) is 0. The van der Waals surface area contributed by atoms with Crippen molar-refractivity contribution in [1.82, 2.24) is 10.6 Å². The first kappa shape index (κ1) is 36.0. The molecule has 2 N–H and O–H groups in total. The van der Waals surface area contributed by atoms with E-state index < -0.39 is 17.3 Å². The molecule has 1 aromatic rings. The predicted molar refractivity (Wildman–Crippen MR) is 173 cm³/mol. The standard InChI is InChI=1S/C36H58N2O6/c1-6-7-8-9-10-11-12-16-21-28(27-19-14-13-15-20-27)33(40)38-29-22-17-18-23-30(29)43-31(39)24-25-37-34(41)32-35(2,3)26-42-36(4,5)44-32/h13-15,19-20,28-30,32H,6-12,16-18,21-26H2,1-5H3,(H,37,41)(H,38,40)/t28?,29-,30-,32?/m0/s1. The molecule has 1 saturated carbocycles. The second kappa shape index (κ2) is 17.9. The summed E-state index contributed by atoms with van der Waals surface area (Å²) in [6.07, 6.45) is 13.1. The normalized spacial score (nSPS) is 23.3. The maximum absolute atomic E-state index is 13.7. The number of carbonyl (C=O) groups excluding carboxylic acids is 3. The van der Waals surface area contributed by atoms with Crippen LogP contribution in [0.2, 0.25) is 0 Å². The van der Waals surface area contributed by atoms with Crippen molar-refractivity contribution in [2.75, 3.05) is 13.2 Å². The average Bonchev–Trinajstić information content (AvgIpc) is 2.99. The SMILES string of the molecule is CCCCCCCCCCC(C(=O)N[C@H]1CCCC[C@@H]1OC(=O)CCNC(=O)C1OC(C)(C)OCC1(C)C)c1ccccc1. The van der Waals surface area contributed by atoms with E-state index in [9.17, 15) is 14.4 Å². The van der Waals surface area contributed by atoms with Gasteiger partial charge in [0.25, 0.3) is 0 Å². The molecule has 3 rings (SSSR count). The number of nitrogens with one attached hydrogen (secondary N) is 2. The van der Waals surface area contributed by atoms with Gasteiger partial charge in [0.15, 0.2) is 5.79 Å². The molecule has 2 aliphatic rings. The fraction of sp³-hybridized carbons (Fsp3) is 0.750. The smallest absolute Gasteiger partial charge is 0.307 e. The molecule has 1 heterocycles. The van der Waals surface area contributed by atoms with Crippen LogP contribution in [0.15, 0.2) is 30.3 Å². The molecule has 2 unspecified atom stereocenters. The highest BCUT2D eigenvalue weighted by Gasteiger charge is 2.45. The van der Waals surface area contributed by atoms with Gasteiger partial charge in [0.1, 0.15) is 12.2 Å². The number of unbranched alkanes of at least 4 members (excludes halogenated alkanes) is 7. The largest absolute Gasteiger partial charge is 0.460 e. The minimum absolute atomic E-state index is 0.0151. The van der Waals surface area contributed by atoms with Crippen LogP contribution in [-0.2, 0) is 28.6 Å². The Balaban J connectivity index is 1.48. The van der Waals surface area contributed by atoms with Crippen molar-refractivity contribution in [3.8, 4) is 0 Å². The molecular weight excluding hydrogens is 556 g/mol.